The Morgan fingerprint density at radius 2 is 2.17 bits per heavy atom. The molecule has 0 saturated heterocycles. The van der Waals surface area contributed by atoms with E-state index >= 15 is 0 Å². The molecule has 0 spiro atoms. The van der Waals surface area contributed by atoms with Crippen LogP contribution in [-0.4, -0.2) is 24.7 Å². The number of rotatable bonds is 6. The fourth-order valence-corrected chi connectivity index (χ4v) is 1.73. The minimum atomic E-state index is 0.697. The van der Waals surface area contributed by atoms with Gasteiger partial charge in [-0.15, -0.1) is 0 Å². The molecule has 0 aliphatic carbocycles. The van der Waals surface area contributed by atoms with Crippen molar-refractivity contribution in [2.75, 3.05) is 0 Å². The normalized spacial score (nSPS) is 10.8. The Morgan fingerprint density at radius 1 is 1.28 bits per heavy atom. The van der Waals surface area contributed by atoms with Crippen molar-refractivity contribution in [3.8, 4) is 0 Å². The Balaban J connectivity index is 1.86. The van der Waals surface area contributed by atoms with Crippen molar-refractivity contribution in [2.24, 2.45) is 0 Å². The summed E-state index contributed by atoms with van der Waals surface area (Å²) < 4.78 is 1.93. The first-order valence-electron chi connectivity index (χ1n) is 6.15. The highest BCUT2D eigenvalue weighted by atomic mass is 15.3. The number of aryl methyl sites for hydroxylation is 2. The Hall–Kier alpha value is -1.82. The standard InChI is InChI=1S/C12H18N6/c1-3-6-18-12(15-9-16-18)8-13-7-11-4-5-14-10(2)17-11/h4-5,9,13H,3,6-8H2,1-2H3. The number of hydrogen-bond donors (Lipinski definition) is 1. The topological polar surface area (TPSA) is 68.5 Å². The van der Waals surface area contributed by atoms with Crippen molar-refractivity contribution in [3.63, 3.8) is 0 Å². The summed E-state index contributed by atoms with van der Waals surface area (Å²) >= 11 is 0. The summed E-state index contributed by atoms with van der Waals surface area (Å²) in [5.41, 5.74) is 0.990. The van der Waals surface area contributed by atoms with Gasteiger partial charge in [0.25, 0.3) is 0 Å². The average Bonchev–Trinajstić information content (AvgIpc) is 2.78. The maximum atomic E-state index is 4.33. The Morgan fingerprint density at radius 3 is 2.94 bits per heavy atom. The summed E-state index contributed by atoms with van der Waals surface area (Å²) in [6.07, 6.45) is 4.43. The quantitative estimate of drug-likeness (QED) is 0.826. The molecule has 0 atom stereocenters. The van der Waals surface area contributed by atoms with Crippen LogP contribution in [0.3, 0.4) is 0 Å². The van der Waals surface area contributed by atoms with Crippen LogP contribution in [0.15, 0.2) is 18.6 Å². The fraction of sp³-hybridized carbons (Fsp3) is 0.500. The van der Waals surface area contributed by atoms with Gasteiger partial charge in [-0.2, -0.15) is 5.10 Å². The summed E-state index contributed by atoms with van der Waals surface area (Å²) in [7, 11) is 0. The van der Waals surface area contributed by atoms with Gasteiger partial charge in [0.2, 0.25) is 0 Å². The maximum Gasteiger partial charge on any atom is 0.140 e. The molecule has 6 heteroatoms. The van der Waals surface area contributed by atoms with Crippen molar-refractivity contribution < 1.29 is 0 Å². The van der Waals surface area contributed by atoms with Crippen molar-refractivity contribution in [2.45, 2.75) is 39.9 Å². The van der Waals surface area contributed by atoms with E-state index in [0.29, 0.717) is 13.1 Å². The van der Waals surface area contributed by atoms with Gasteiger partial charge in [-0.25, -0.2) is 19.6 Å². The minimum Gasteiger partial charge on any atom is -0.304 e. The van der Waals surface area contributed by atoms with Gasteiger partial charge in [0.05, 0.1) is 12.2 Å². The Labute approximate surface area is 106 Å². The Kier molecular flexibility index (Phi) is 4.35. The highest BCUT2D eigenvalue weighted by Crippen LogP contribution is 1.98. The smallest absolute Gasteiger partial charge is 0.140 e. The van der Waals surface area contributed by atoms with Gasteiger partial charge in [0.1, 0.15) is 18.0 Å². The summed E-state index contributed by atoms with van der Waals surface area (Å²) in [6, 6.07) is 1.91. The van der Waals surface area contributed by atoms with Crippen LogP contribution in [0.4, 0.5) is 0 Å². The SMILES string of the molecule is CCCn1ncnc1CNCc1ccnc(C)n1. The van der Waals surface area contributed by atoms with Gasteiger partial charge in [-0.05, 0) is 19.4 Å². The zero-order chi connectivity index (χ0) is 12.8. The first-order valence-corrected chi connectivity index (χ1v) is 6.15. The maximum absolute atomic E-state index is 4.33. The molecule has 2 heterocycles. The molecule has 96 valence electrons. The second kappa shape index (κ2) is 6.20. The zero-order valence-corrected chi connectivity index (χ0v) is 10.8. The second-order valence-electron chi connectivity index (χ2n) is 4.10. The van der Waals surface area contributed by atoms with Crippen LogP contribution in [-0.2, 0) is 19.6 Å². The first kappa shape index (κ1) is 12.6. The predicted octanol–water partition coefficient (Wildman–Crippen LogP) is 1.08. The molecule has 6 nitrogen and oxygen atoms in total. The summed E-state index contributed by atoms with van der Waals surface area (Å²) in [4.78, 5) is 12.6. The van der Waals surface area contributed by atoms with E-state index in [9.17, 15) is 0 Å². The molecule has 0 bridgehead atoms. The van der Waals surface area contributed by atoms with Crippen LogP contribution in [0.25, 0.3) is 0 Å². The van der Waals surface area contributed by atoms with Crippen molar-refractivity contribution in [1.82, 2.24) is 30.0 Å². The highest BCUT2D eigenvalue weighted by Gasteiger charge is 2.03. The van der Waals surface area contributed by atoms with E-state index in [-0.39, 0.29) is 0 Å². The van der Waals surface area contributed by atoms with Gasteiger partial charge in [0.15, 0.2) is 0 Å². The second-order valence-corrected chi connectivity index (χ2v) is 4.10. The van der Waals surface area contributed by atoms with Crippen LogP contribution in [0.5, 0.6) is 0 Å². The number of nitrogens with zero attached hydrogens (tertiary/aromatic N) is 5. The molecular weight excluding hydrogens is 228 g/mol. The number of aromatic nitrogens is 5. The summed E-state index contributed by atoms with van der Waals surface area (Å²) in [6.45, 7) is 6.33. The lowest BCUT2D eigenvalue weighted by Gasteiger charge is -2.06. The van der Waals surface area contributed by atoms with Crippen LogP contribution in [0, 0.1) is 6.92 Å². The molecule has 2 aromatic rings. The van der Waals surface area contributed by atoms with Gasteiger partial charge in [-0.1, -0.05) is 6.92 Å². The van der Waals surface area contributed by atoms with Crippen LogP contribution >= 0.6 is 0 Å². The molecule has 0 aliphatic heterocycles. The monoisotopic (exact) mass is 246 g/mol. The molecule has 2 rings (SSSR count). The minimum absolute atomic E-state index is 0.697. The fourth-order valence-electron chi connectivity index (χ4n) is 1.73. The van der Waals surface area contributed by atoms with E-state index in [1.54, 1.807) is 12.5 Å². The van der Waals surface area contributed by atoms with Crippen LogP contribution in [0.1, 0.15) is 30.7 Å². The molecule has 0 aromatic carbocycles. The lowest BCUT2D eigenvalue weighted by atomic mass is 10.4. The molecule has 1 N–H and O–H groups in total. The van der Waals surface area contributed by atoms with Crippen molar-refractivity contribution >= 4 is 0 Å². The van der Waals surface area contributed by atoms with E-state index in [1.165, 1.54) is 0 Å². The van der Waals surface area contributed by atoms with E-state index in [1.807, 2.05) is 17.7 Å². The average molecular weight is 246 g/mol. The summed E-state index contributed by atoms with van der Waals surface area (Å²) in [5, 5.41) is 7.50. The van der Waals surface area contributed by atoms with Gasteiger partial charge < -0.3 is 5.32 Å². The number of hydrogen-bond acceptors (Lipinski definition) is 5. The van der Waals surface area contributed by atoms with Crippen molar-refractivity contribution in [3.05, 3.63) is 35.9 Å². The largest absolute Gasteiger partial charge is 0.304 e. The molecule has 0 aliphatic rings. The van der Waals surface area contributed by atoms with Gasteiger partial charge in [-0.3, -0.25) is 0 Å². The van der Waals surface area contributed by atoms with Crippen LogP contribution < -0.4 is 5.32 Å². The molecular formula is C12H18N6. The Bertz CT molecular complexity index is 493. The van der Waals surface area contributed by atoms with E-state index in [4.69, 9.17) is 0 Å². The van der Waals surface area contributed by atoms with E-state index < -0.39 is 0 Å². The van der Waals surface area contributed by atoms with E-state index in [0.717, 1.165) is 30.3 Å². The predicted molar refractivity (Wildman–Crippen MR) is 67.6 cm³/mol. The molecule has 0 amide bonds. The highest BCUT2D eigenvalue weighted by molar-refractivity contribution is 5.01. The third kappa shape index (κ3) is 3.33. The van der Waals surface area contributed by atoms with Crippen molar-refractivity contribution in [1.29, 1.82) is 0 Å². The molecule has 0 radical (unpaired) electrons. The molecule has 0 fully saturated rings. The first-order chi connectivity index (χ1) is 8.79. The van der Waals surface area contributed by atoms with Crippen LogP contribution in [0.2, 0.25) is 0 Å². The molecule has 0 saturated carbocycles. The molecule has 18 heavy (non-hydrogen) atoms. The molecule has 2 aromatic heterocycles. The number of nitrogens with one attached hydrogen (secondary N) is 1. The van der Waals surface area contributed by atoms with E-state index in [2.05, 4.69) is 32.3 Å². The lowest BCUT2D eigenvalue weighted by molar-refractivity contribution is 0.540. The summed E-state index contributed by atoms with van der Waals surface area (Å²) in [5.74, 6) is 1.76. The van der Waals surface area contributed by atoms with Gasteiger partial charge >= 0.3 is 0 Å². The molecule has 0 unspecified atom stereocenters. The zero-order valence-electron chi connectivity index (χ0n) is 10.8. The van der Waals surface area contributed by atoms with Gasteiger partial charge in [0, 0.05) is 19.3 Å². The third-order valence-corrected chi connectivity index (χ3v) is 2.55. The third-order valence-electron chi connectivity index (χ3n) is 2.55. The lowest BCUT2D eigenvalue weighted by Crippen LogP contribution is -2.18.